The molecular formula is C20H20F4N3OP. The van der Waals surface area contributed by atoms with E-state index >= 15 is 0 Å². The monoisotopic (exact) mass is 425 g/mol. The van der Waals surface area contributed by atoms with Crippen LogP contribution in [0.1, 0.15) is 25.8 Å². The Morgan fingerprint density at radius 1 is 1.34 bits per heavy atom. The van der Waals surface area contributed by atoms with Crippen molar-refractivity contribution in [3.05, 3.63) is 76.7 Å². The molecule has 1 atom stereocenters. The Labute approximate surface area is 168 Å². The summed E-state index contributed by atoms with van der Waals surface area (Å²) in [4.78, 5) is 16.6. The molecule has 0 heterocycles. The summed E-state index contributed by atoms with van der Waals surface area (Å²) in [7, 11) is 2.08. The van der Waals surface area contributed by atoms with Crippen molar-refractivity contribution in [1.29, 1.82) is 0 Å². The summed E-state index contributed by atoms with van der Waals surface area (Å²) in [5, 5.41) is 2.36. The normalized spacial score (nSPS) is 15.2. The van der Waals surface area contributed by atoms with Crippen molar-refractivity contribution in [3.63, 3.8) is 0 Å². The molecule has 9 heteroatoms. The van der Waals surface area contributed by atoms with E-state index in [1.807, 2.05) is 0 Å². The second kappa shape index (κ2) is 10.2. The number of nitrogens with zero attached hydrogens (tertiary/aromatic N) is 2. The van der Waals surface area contributed by atoms with Crippen LogP contribution in [-0.2, 0) is 11.3 Å². The van der Waals surface area contributed by atoms with Gasteiger partial charge in [-0.1, -0.05) is 6.08 Å². The third-order valence-corrected chi connectivity index (χ3v) is 4.32. The first kappa shape index (κ1) is 22.6. The molecule has 2 rings (SSSR count). The Morgan fingerprint density at radius 2 is 2.07 bits per heavy atom. The summed E-state index contributed by atoms with van der Waals surface area (Å²) in [6.07, 6.45) is 5.93. The lowest BCUT2D eigenvalue weighted by atomic mass is 10.2. The number of carbonyl (C=O) groups excluding carboxylic acids is 1. The number of rotatable bonds is 5. The minimum absolute atomic E-state index is 0.00105. The summed E-state index contributed by atoms with van der Waals surface area (Å²) >= 11 is 0. The van der Waals surface area contributed by atoms with Crippen LogP contribution in [0.5, 0.6) is 0 Å². The van der Waals surface area contributed by atoms with Gasteiger partial charge in [0.15, 0.2) is 11.6 Å². The third-order valence-electron chi connectivity index (χ3n) is 3.90. The molecule has 0 saturated carbocycles. The van der Waals surface area contributed by atoms with E-state index < -0.39 is 23.3 Å². The Kier molecular flexibility index (Phi) is 7.91. The zero-order chi connectivity index (χ0) is 21.6. The van der Waals surface area contributed by atoms with E-state index in [1.54, 1.807) is 13.0 Å². The highest BCUT2D eigenvalue weighted by atomic mass is 31.0. The van der Waals surface area contributed by atoms with Crippen LogP contribution in [0.2, 0.25) is 0 Å². The van der Waals surface area contributed by atoms with E-state index in [9.17, 15) is 22.4 Å². The molecule has 1 N–H and O–H groups in total. The summed E-state index contributed by atoms with van der Waals surface area (Å²) in [5.41, 5.74) is 1.28. The quantitative estimate of drug-likeness (QED) is 0.252. The number of amides is 1. The molecule has 0 saturated heterocycles. The smallest absolute Gasteiger partial charge is 0.213 e. The van der Waals surface area contributed by atoms with Gasteiger partial charge >= 0.3 is 0 Å². The molecule has 0 radical (unpaired) electrons. The molecule has 1 unspecified atom stereocenters. The molecule has 4 nitrogen and oxygen atoms in total. The molecule has 0 bridgehead atoms. The first-order chi connectivity index (χ1) is 13.7. The highest BCUT2D eigenvalue weighted by Crippen LogP contribution is 2.21. The fraction of sp³-hybridized carbons (Fsp3) is 0.200. The van der Waals surface area contributed by atoms with Crippen LogP contribution >= 0.6 is 9.24 Å². The summed E-state index contributed by atoms with van der Waals surface area (Å²) in [6, 6.07) is 2.34. The van der Waals surface area contributed by atoms with Crippen LogP contribution < -0.4 is 10.6 Å². The second-order valence-corrected chi connectivity index (χ2v) is 6.95. The van der Waals surface area contributed by atoms with Crippen LogP contribution in [0.3, 0.4) is 0 Å². The number of guanidine groups is 1. The van der Waals surface area contributed by atoms with Crippen molar-refractivity contribution in [2.75, 3.05) is 0 Å². The SMILES string of the molecule is CC1=C(N=C(NC=O)N(/C=C(\C)F)Cc2cc(F)c(F)c(P)c2)C=C(F)C=CC1. The third kappa shape index (κ3) is 6.39. The molecule has 0 fully saturated rings. The van der Waals surface area contributed by atoms with Gasteiger partial charge in [-0.3, -0.25) is 10.1 Å². The number of allylic oxidation sites excluding steroid dienone is 6. The van der Waals surface area contributed by atoms with Gasteiger partial charge in [0.2, 0.25) is 12.4 Å². The molecule has 1 amide bonds. The average Bonchev–Trinajstić information content (AvgIpc) is 2.79. The molecule has 29 heavy (non-hydrogen) atoms. The van der Waals surface area contributed by atoms with Crippen molar-refractivity contribution >= 4 is 26.9 Å². The van der Waals surface area contributed by atoms with Gasteiger partial charge in [0.1, 0.15) is 11.7 Å². The fourth-order valence-electron chi connectivity index (χ4n) is 2.58. The van der Waals surface area contributed by atoms with Gasteiger partial charge in [-0.25, -0.2) is 22.6 Å². The Bertz CT molecular complexity index is 924. The standard InChI is InChI=1S/C20H20F4N3OP/c1-12-4-3-5-15(22)8-17(12)26-20(25-11-28)27(9-13(2)21)10-14-6-16(23)19(24)18(29)7-14/h3,5-9,11H,4,10,29H2,1-2H3,(H,25,26,28)/b13-9+. The molecular weight excluding hydrogens is 405 g/mol. The van der Waals surface area contributed by atoms with Gasteiger partial charge in [-0.15, -0.1) is 9.24 Å². The Balaban J connectivity index is 2.50. The van der Waals surface area contributed by atoms with Crippen LogP contribution in [0, 0.1) is 11.6 Å². The van der Waals surface area contributed by atoms with E-state index in [0.717, 1.165) is 17.8 Å². The van der Waals surface area contributed by atoms with E-state index in [1.165, 1.54) is 30.0 Å². The molecule has 1 aliphatic carbocycles. The molecule has 1 aromatic rings. The van der Waals surface area contributed by atoms with E-state index in [2.05, 4.69) is 19.5 Å². The molecule has 0 spiro atoms. The van der Waals surface area contributed by atoms with Gasteiger partial charge in [-0.2, -0.15) is 0 Å². The first-order valence-corrected chi connectivity index (χ1v) is 9.15. The fourth-order valence-corrected chi connectivity index (χ4v) is 2.93. The number of hydrogen-bond acceptors (Lipinski definition) is 2. The van der Waals surface area contributed by atoms with E-state index in [4.69, 9.17) is 0 Å². The number of halogens is 4. The minimum Gasteiger partial charge on any atom is -0.312 e. The largest absolute Gasteiger partial charge is 0.312 e. The highest BCUT2D eigenvalue weighted by Gasteiger charge is 2.15. The minimum atomic E-state index is -1.06. The number of nitrogens with one attached hydrogen (secondary N) is 1. The lowest BCUT2D eigenvalue weighted by molar-refractivity contribution is -0.108. The number of benzene rings is 1. The van der Waals surface area contributed by atoms with Gasteiger partial charge in [0.05, 0.1) is 12.2 Å². The van der Waals surface area contributed by atoms with Gasteiger partial charge in [0.25, 0.3) is 0 Å². The van der Waals surface area contributed by atoms with Crippen molar-refractivity contribution in [2.24, 2.45) is 4.99 Å². The van der Waals surface area contributed by atoms with Crippen LogP contribution in [0.4, 0.5) is 17.6 Å². The molecule has 154 valence electrons. The highest BCUT2D eigenvalue weighted by molar-refractivity contribution is 7.27. The zero-order valence-electron chi connectivity index (χ0n) is 15.8. The summed E-state index contributed by atoms with van der Waals surface area (Å²) in [6.45, 7) is 2.79. The molecule has 1 aliphatic rings. The lowest BCUT2D eigenvalue weighted by Crippen LogP contribution is -2.37. The van der Waals surface area contributed by atoms with Gasteiger partial charge in [-0.05, 0) is 55.7 Å². The van der Waals surface area contributed by atoms with E-state index in [-0.39, 0.29) is 23.5 Å². The molecule has 1 aromatic carbocycles. The van der Waals surface area contributed by atoms with Crippen LogP contribution in [0.15, 0.2) is 64.5 Å². The van der Waals surface area contributed by atoms with Crippen molar-refractivity contribution in [1.82, 2.24) is 10.2 Å². The predicted molar refractivity (Wildman–Crippen MR) is 108 cm³/mol. The number of aliphatic imine (C=N–C) groups is 1. The first-order valence-electron chi connectivity index (χ1n) is 8.57. The van der Waals surface area contributed by atoms with E-state index in [0.29, 0.717) is 18.4 Å². The maximum absolute atomic E-state index is 13.8. The second-order valence-electron chi connectivity index (χ2n) is 6.32. The number of carbonyl (C=O) groups is 1. The predicted octanol–water partition coefficient (Wildman–Crippen LogP) is 4.29. The Morgan fingerprint density at radius 3 is 2.69 bits per heavy atom. The number of hydrogen-bond donors (Lipinski definition) is 1. The van der Waals surface area contributed by atoms with Gasteiger partial charge < -0.3 is 4.90 Å². The van der Waals surface area contributed by atoms with Crippen LogP contribution in [-0.4, -0.2) is 17.3 Å². The summed E-state index contributed by atoms with van der Waals surface area (Å²) < 4.78 is 54.8. The Hall–Kier alpha value is -2.73. The maximum atomic E-state index is 13.8. The summed E-state index contributed by atoms with van der Waals surface area (Å²) in [5.74, 6) is -3.31. The van der Waals surface area contributed by atoms with Gasteiger partial charge in [0, 0.05) is 11.5 Å². The van der Waals surface area contributed by atoms with Crippen molar-refractivity contribution < 1.29 is 22.4 Å². The average molecular weight is 425 g/mol. The lowest BCUT2D eigenvalue weighted by Gasteiger charge is -2.22. The van der Waals surface area contributed by atoms with Crippen molar-refractivity contribution in [2.45, 2.75) is 26.8 Å². The zero-order valence-corrected chi connectivity index (χ0v) is 17.0. The maximum Gasteiger partial charge on any atom is 0.213 e. The van der Waals surface area contributed by atoms with Crippen LogP contribution in [0.25, 0.3) is 0 Å². The molecule has 0 aliphatic heterocycles. The molecule has 0 aromatic heterocycles. The van der Waals surface area contributed by atoms with Crippen molar-refractivity contribution in [3.8, 4) is 0 Å². The topological polar surface area (TPSA) is 44.7 Å².